The Morgan fingerprint density at radius 1 is 1.15 bits per heavy atom. The van der Waals surface area contributed by atoms with Gasteiger partial charge in [-0.15, -0.1) is 24.8 Å². The number of carbonyl (C=O) groups is 1. The van der Waals surface area contributed by atoms with E-state index in [9.17, 15) is 9.90 Å². The SMILES string of the molecule is CC(N)C(=O)N1CCN(c2ccc(O)cc2)CC1.Cl.Cl. The van der Waals surface area contributed by atoms with E-state index in [4.69, 9.17) is 5.73 Å². The summed E-state index contributed by atoms with van der Waals surface area (Å²) in [4.78, 5) is 15.7. The van der Waals surface area contributed by atoms with Crippen molar-refractivity contribution in [2.75, 3.05) is 31.1 Å². The Kier molecular flexibility index (Phi) is 7.71. The lowest BCUT2D eigenvalue weighted by molar-refractivity contribution is -0.132. The summed E-state index contributed by atoms with van der Waals surface area (Å²) in [6.45, 7) is 4.70. The minimum absolute atomic E-state index is 0. The third-order valence-electron chi connectivity index (χ3n) is 3.20. The molecule has 1 saturated heterocycles. The number of rotatable bonds is 2. The number of halogens is 2. The molecule has 1 unspecified atom stereocenters. The smallest absolute Gasteiger partial charge is 0.239 e. The first kappa shape index (κ1) is 18.8. The van der Waals surface area contributed by atoms with Crippen LogP contribution >= 0.6 is 24.8 Å². The molecule has 0 radical (unpaired) electrons. The number of amides is 1. The van der Waals surface area contributed by atoms with Crippen LogP contribution in [0.25, 0.3) is 0 Å². The van der Waals surface area contributed by atoms with Crippen LogP contribution in [0.5, 0.6) is 5.75 Å². The van der Waals surface area contributed by atoms with Crippen LogP contribution in [0.4, 0.5) is 5.69 Å². The second-order valence-corrected chi connectivity index (χ2v) is 4.62. The van der Waals surface area contributed by atoms with Gasteiger partial charge in [0.1, 0.15) is 5.75 Å². The molecule has 3 N–H and O–H groups in total. The van der Waals surface area contributed by atoms with Crippen molar-refractivity contribution in [2.24, 2.45) is 5.73 Å². The minimum Gasteiger partial charge on any atom is -0.508 e. The van der Waals surface area contributed by atoms with Crippen molar-refractivity contribution in [3.63, 3.8) is 0 Å². The molecule has 0 bridgehead atoms. The molecule has 0 spiro atoms. The Morgan fingerprint density at radius 3 is 2.10 bits per heavy atom. The van der Waals surface area contributed by atoms with Crippen LogP contribution in [0.3, 0.4) is 0 Å². The third-order valence-corrected chi connectivity index (χ3v) is 3.20. The summed E-state index contributed by atoms with van der Waals surface area (Å²) in [6.07, 6.45) is 0. The molecule has 0 saturated carbocycles. The lowest BCUT2D eigenvalue weighted by Gasteiger charge is -2.36. The summed E-state index contributed by atoms with van der Waals surface area (Å²) in [5.41, 5.74) is 6.67. The number of benzene rings is 1. The van der Waals surface area contributed by atoms with Crippen LogP contribution in [0, 0.1) is 0 Å². The first-order chi connectivity index (χ1) is 8.58. The quantitative estimate of drug-likeness (QED) is 0.859. The predicted octanol–water partition coefficient (Wildman–Crippen LogP) is 1.23. The highest BCUT2D eigenvalue weighted by molar-refractivity contribution is 5.85. The van der Waals surface area contributed by atoms with E-state index in [0.717, 1.165) is 18.8 Å². The van der Waals surface area contributed by atoms with Gasteiger partial charge in [-0.05, 0) is 31.2 Å². The number of phenolic OH excluding ortho intramolecular Hbond substituents is 1. The van der Waals surface area contributed by atoms with E-state index in [-0.39, 0.29) is 36.5 Å². The summed E-state index contributed by atoms with van der Waals surface area (Å²) < 4.78 is 0. The van der Waals surface area contributed by atoms with Crippen LogP contribution in [-0.2, 0) is 4.79 Å². The molecule has 0 aromatic heterocycles. The average molecular weight is 322 g/mol. The van der Waals surface area contributed by atoms with Crippen molar-refractivity contribution in [3.05, 3.63) is 24.3 Å². The summed E-state index contributed by atoms with van der Waals surface area (Å²) in [5.74, 6) is 0.282. The van der Waals surface area contributed by atoms with Crippen molar-refractivity contribution in [2.45, 2.75) is 13.0 Å². The summed E-state index contributed by atoms with van der Waals surface area (Å²) in [6, 6.07) is 6.70. The van der Waals surface area contributed by atoms with E-state index in [1.54, 1.807) is 19.1 Å². The molecule has 1 atom stereocenters. The van der Waals surface area contributed by atoms with Gasteiger partial charge in [-0.3, -0.25) is 4.79 Å². The van der Waals surface area contributed by atoms with Gasteiger partial charge in [-0.1, -0.05) is 0 Å². The number of anilines is 1. The Bertz CT molecular complexity index is 418. The van der Waals surface area contributed by atoms with Gasteiger partial charge >= 0.3 is 0 Å². The monoisotopic (exact) mass is 321 g/mol. The van der Waals surface area contributed by atoms with Crippen molar-refractivity contribution < 1.29 is 9.90 Å². The van der Waals surface area contributed by atoms with Gasteiger partial charge in [0, 0.05) is 31.9 Å². The van der Waals surface area contributed by atoms with Crippen molar-refractivity contribution in [3.8, 4) is 5.75 Å². The van der Waals surface area contributed by atoms with Gasteiger partial charge in [0.05, 0.1) is 6.04 Å². The lowest BCUT2D eigenvalue weighted by atomic mass is 10.2. The predicted molar refractivity (Wildman–Crippen MR) is 85.0 cm³/mol. The molecule has 7 heteroatoms. The van der Waals surface area contributed by atoms with Gasteiger partial charge in [0.25, 0.3) is 0 Å². The molecule has 114 valence electrons. The Morgan fingerprint density at radius 2 is 1.65 bits per heavy atom. The number of carbonyl (C=O) groups excluding carboxylic acids is 1. The second kappa shape index (κ2) is 8.19. The van der Waals surface area contributed by atoms with E-state index >= 15 is 0 Å². The van der Waals surface area contributed by atoms with Gasteiger partial charge in [-0.2, -0.15) is 0 Å². The fraction of sp³-hybridized carbons (Fsp3) is 0.462. The normalized spacial score (nSPS) is 15.9. The molecule has 1 aliphatic heterocycles. The van der Waals surface area contributed by atoms with Gasteiger partial charge in [0.15, 0.2) is 0 Å². The van der Waals surface area contributed by atoms with Crippen LogP contribution < -0.4 is 10.6 Å². The zero-order chi connectivity index (χ0) is 13.1. The molecular formula is C13H21Cl2N3O2. The van der Waals surface area contributed by atoms with Crippen LogP contribution in [-0.4, -0.2) is 48.1 Å². The molecule has 1 fully saturated rings. The highest BCUT2D eigenvalue weighted by Crippen LogP contribution is 2.19. The maximum Gasteiger partial charge on any atom is 0.239 e. The van der Waals surface area contributed by atoms with E-state index in [1.807, 2.05) is 17.0 Å². The Hall–Kier alpha value is -1.17. The van der Waals surface area contributed by atoms with E-state index in [0.29, 0.717) is 13.1 Å². The van der Waals surface area contributed by atoms with Crippen LogP contribution in [0.1, 0.15) is 6.92 Å². The third kappa shape index (κ3) is 4.44. The first-order valence-corrected chi connectivity index (χ1v) is 6.16. The number of phenols is 1. The number of hydrogen-bond acceptors (Lipinski definition) is 4. The molecule has 1 amide bonds. The van der Waals surface area contributed by atoms with Crippen molar-refractivity contribution in [1.29, 1.82) is 0 Å². The van der Waals surface area contributed by atoms with Gasteiger partial charge in [0.2, 0.25) is 5.91 Å². The van der Waals surface area contributed by atoms with Gasteiger partial charge < -0.3 is 20.6 Å². The lowest BCUT2D eigenvalue weighted by Crippen LogP contribution is -2.52. The summed E-state index contributed by atoms with van der Waals surface area (Å²) in [7, 11) is 0. The summed E-state index contributed by atoms with van der Waals surface area (Å²) in [5, 5.41) is 9.25. The standard InChI is InChI=1S/C13H19N3O2.2ClH/c1-10(14)13(18)16-8-6-15(7-9-16)11-2-4-12(17)5-3-11;;/h2-5,10,17H,6-9,14H2,1H3;2*1H. The van der Waals surface area contributed by atoms with Crippen molar-refractivity contribution >= 4 is 36.4 Å². The largest absolute Gasteiger partial charge is 0.508 e. The fourth-order valence-corrected chi connectivity index (χ4v) is 2.14. The molecule has 1 aromatic rings. The Balaban J connectivity index is 0.00000180. The highest BCUT2D eigenvalue weighted by atomic mass is 35.5. The zero-order valence-electron chi connectivity index (χ0n) is 11.4. The topological polar surface area (TPSA) is 69.8 Å². The average Bonchev–Trinajstić information content (AvgIpc) is 2.39. The van der Waals surface area contributed by atoms with E-state index < -0.39 is 6.04 Å². The molecule has 5 nitrogen and oxygen atoms in total. The molecule has 1 heterocycles. The first-order valence-electron chi connectivity index (χ1n) is 6.16. The highest BCUT2D eigenvalue weighted by Gasteiger charge is 2.23. The number of piperazine rings is 1. The number of aromatic hydroxyl groups is 1. The Labute approximate surface area is 131 Å². The number of hydrogen-bond donors (Lipinski definition) is 2. The minimum atomic E-state index is -0.426. The van der Waals surface area contributed by atoms with E-state index in [2.05, 4.69) is 4.90 Å². The fourth-order valence-electron chi connectivity index (χ4n) is 2.14. The van der Waals surface area contributed by atoms with Gasteiger partial charge in [-0.25, -0.2) is 0 Å². The maximum atomic E-state index is 11.7. The second-order valence-electron chi connectivity index (χ2n) is 4.62. The van der Waals surface area contributed by atoms with E-state index in [1.165, 1.54) is 0 Å². The molecule has 1 aliphatic rings. The number of nitrogens with two attached hydrogens (primary N) is 1. The molecule has 1 aromatic carbocycles. The molecular weight excluding hydrogens is 301 g/mol. The molecule has 20 heavy (non-hydrogen) atoms. The zero-order valence-corrected chi connectivity index (χ0v) is 13.0. The van der Waals surface area contributed by atoms with Crippen LogP contribution in [0.2, 0.25) is 0 Å². The summed E-state index contributed by atoms with van der Waals surface area (Å²) >= 11 is 0. The molecule has 2 rings (SSSR count). The number of nitrogens with zero attached hydrogens (tertiary/aromatic N) is 2. The van der Waals surface area contributed by atoms with Crippen LogP contribution in [0.15, 0.2) is 24.3 Å². The molecule has 0 aliphatic carbocycles. The van der Waals surface area contributed by atoms with Crippen molar-refractivity contribution in [1.82, 2.24) is 4.90 Å². The maximum absolute atomic E-state index is 11.7.